The molecule has 4 rings (SSSR count). The summed E-state index contributed by atoms with van der Waals surface area (Å²) >= 11 is 0. The summed E-state index contributed by atoms with van der Waals surface area (Å²) < 4.78 is 0. The van der Waals surface area contributed by atoms with Gasteiger partial charge in [0.15, 0.2) is 17.3 Å². The topological polar surface area (TPSA) is 108 Å². The molecule has 3 heterocycles. The smallest absolute Gasteiger partial charge is 0.203 e. The Kier molecular flexibility index (Phi) is 3.40. The van der Waals surface area contributed by atoms with Crippen molar-refractivity contribution in [3.05, 3.63) is 66.2 Å². The molecule has 0 aliphatic heterocycles. The first-order valence-corrected chi connectivity index (χ1v) is 7.32. The van der Waals surface area contributed by atoms with Crippen LogP contribution in [0, 0.1) is 0 Å². The quantitative estimate of drug-likeness (QED) is 0.534. The number of nitrogens with one attached hydrogen (secondary N) is 1. The molecule has 7 nitrogen and oxygen atoms in total. The number of hydrogen-bond donors (Lipinski definition) is 3. The van der Waals surface area contributed by atoms with Crippen molar-refractivity contribution < 1.29 is 10.2 Å². The molecule has 0 aliphatic carbocycles. The highest BCUT2D eigenvalue weighted by Gasteiger charge is 2.19. The van der Waals surface area contributed by atoms with Gasteiger partial charge >= 0.3 is 0 Å². The van der Waals surface area contributed by atoms with E-state index in [4.69, 9.17) is 0 Å². The Hall–Kier alpha value is -3.32. The average Bonchev–Trinajstić information content (AvgIpc) is 3.12. The first kappa shape index (κ1) is 14.3. The predicted molar refractivity (Wildman–Crippen MR) is 87.1 cm³/mol. The molecular weight excluding hydrogens is 306 g/mol. The van der Waals surface area contributed by atoms with E-state index < -0.39 is 6.10 Å². The number of fused-ring (bicyclic) bond motifs is 1. The number of aromatic nitrogens is 5. The lowest BCUT2D eigenvalue weighted by Crippen LogP contribution is -2.01. The van der Waals surface area contributed by atoms with Crippen LogP contribution in [0.3, 0.4) is 0 Å². The molecule has 0 radical (unpaired) electrons. The Labute approximate surface area is 136 Å². The monoisotopic (exact) mass is 319 g/mol. The highest BCUT2D eigenvalue weighted by Crippen LogP contribution is 2.31. The molecule has 0 fully saturated rings. The van der Waals surface area contributed by atoms with Gasteiger partial charge in [0.1, 0.15) is 11.6 Å². The normalized spacial score (nSPS) is 12.4. The van der Waals surface area contributed by atoms with E-state index in [1.807, 2.05) is 18.2 Å². The summed E-state index contributed by atoms with van der Waals surface area (Å²) in [5.41, 5.74) is 1.33. The molecule has 118 valence electrons. The summed E-state index contributed by atoms with van der Waals surface area (Å²) in [5, 5.41) is 28.2. The Balaban J connectivity index is 1.74. The third kappa shape index (κ3) is 2.37. The van der Waals surface area contributed by atoms with Crippen LogP contribution in [0.2, 0.25) is 0 Å². The molecule has 0 bridgehead atoms. The molecule has 4 aromatic rings. The molecule has 0 spiro atoms. The summed E-state index contributed by atoms with van der Waals surface area (Å²) in [4.78, 5) is 12.6. The van der Waals surface area contributed by atoms with Crippen molar-refractivity contribution in [2.24, 2.45) is 0 Å². The van der Waals surface area contributed by atoms with Crippen LogP contribution in [-0.4, -0.2) is 35.4 Å². The fourth-order valence-electron chi connectivity index (χ4n) is 2.49. The molecule has 24 heavy (non-hydrogen) atoms. The molecule has 7 heteroatoms. The van der Waals surface area contributed by atoms with E-state index in [1.165, 1.54) is 0 Å². The Morgan fingerprint density at radius 3 is 2.67 bits per heavy atom. The van der Waals surface area contributed by atoms with E-state index in [0.717, 1.165) is 5.39 Å². The van der Waals surface area contributed by atoms with Crippen molar-refractivity contribution in [1.29, 1.82) is 0 Å². The number of benzene rings is 1. The van der Waals surface area contributed by atoms with E-state index in [1.54, 1.807) is 36.7 Å². The van der Waals surface area contributed by atoms with Crippen molar-refractivity contribution in [2.45, 2.75) is 6.10 Å². The predicted octanol–water partition coefficient (Wildman–Crippen LogP) is 2.20. The van der Waals surface area contributed by atoms with Gasteiger partial charge in [0.25, 0.3) is 0 Å². The largest absolute Gasteiger partial charge is 0.504 e. The molecule has 0 saturated heterocycles. The second-order valence-corrected chi connectivity index (χ2v) is 5.25. The lowest BCUT2D eigenvalue weighted by atomic mass is 10.1. The molecule has 1 atom stereocenters. The van der Waals surface area contributed by atoms with Gasteiger partial charge in [-0.3, -0.25) is 10.1 Å². The second-order valence-electron chi connectivity index (χ2n) is 5.25. The van der Waals surface area contributed by atoms with E-state index in [9.17, 15) is 10.2 Å². The van der Waals surface area contributed by atoms with Gasteiger partial charge in [0.05, 0.1) is 0 Å². The molecule has 3 aromatic heterocycles. The number of aromatic amines is 1. The number of rotatable bonds is 3. The molecule has 0 amide bonds. The maximum atomic E-state index is 10.4. The minimum atomic E-state index is -0.937. The molecule has 1 unspecified atom stereocenters. The van der Waals surface area contributed by atoms with E-state index in [0.29, 0.717) is 11.1 Å². The van der Waals surface area contributed by atoms with Crippen molar-refractivity contribution in [3.8, 4) is 17.3 Å². The average molecular weight is 319 g/mol. The minimum absolute atomic E-state index is 0.0900. The fraction of sp³-hybridized carbons (Fsp3) is 0.0588. The van der Waals surface area contributed by atoms with Crippen molar-refractivity contribution in [1.82, 2.24) is 25.1 Å². The fourth-order valence-corrected chi connectivity index (χ4v) is 2.49. The van der Waals surface area contributed by atoms with Gasteiger partial charge in [-0.2, -0.15) is 5.10 Å². The van der Waals surface area contributed by atoms with Crippen LogP contribution >= 0.6 is 0 Å². The van der Waals surface area contributed by atoms with E-state index >= 15 is 0 Å². The minimum Gasteiger partial charge on any atom is -0.504 e. The van der Waals surface area contributed by atoms with E-state index in [2.05, 4.69) is 25.1 Å². The van der Waals surface area contributed by atoms with Gasteiger partial charge in [-0.15, -0.1) is 0 Å². The second kappa shape index (κ2) is 5.71. The van der Waals surface area contributed by atoms with Gasteiger partial charge in [-0.1, -0.05) is 30.3 Å². The van der Waals surface area contributed by atoms with Crippen molar-refractivity contribution >= 4 is 10.9 Å². The lowest BCUT2D eigenvalue weighted by Gasteiger charge is -2.06. The zero-order chi connectivity index (χ0) is 16.5. The van der Waals surface area contributed by atoms with Crippen molar-refractivity contribution in [3.63, 3.8) is 0 Å². The molecular formula is C17H13N5O2. The number of aliphatic hydroxyl groups excluding tert-OH is 1. The summed E-state index contributed by atoms with van der Waals surface area (Å²) in [5.74, 6) is 0.386. The Bertz CT molecular complexity index is 1000. The molecule has 3 N–H and O–H groups in total. The highest BCUT2D eigenvalue weighted by atomic mass is 16.3. The van der Waals surface area contributed by atoms with Gasteiger partial charge in [-0.25, -0.2) is 9.97 Å². The maximum Gasteiger partial charge on any atom is 0.203 e. The van der Waals surface area contributed by atoms with E-state index in [-0.39, 0.29) is 23.1 Å². The van der Waals surface area contributed by atoms with Crippen LogP contribution in [0.25, 0.3) is 22.4 Å². The van der Waals surface area contributed by atoms with Crippen molar-refractivity contribution in [2.75, 3.05) is 0 Å². The zero-order valence-electron chi connectivity index (χ0n) is 12.5. The number of hydrogen-bond acceptors (Lipinski definition) is 6. The number of H-pyrrole nitrogens is 1. The first-order chi connectivity index (χ1) is 11.7. The van der Waals surface area contributed by atoms with Crippen LogP contribution in [-0.2, 0) is 0 Å². The number of aliphatic hydroxyl groups is 1. The Morgan fingerprint density at radius 1 is 1.00 bits per heavy atom. The van der Waals surface area contributed by atoms with Crippen LogP contribution in [0.15, 0.2) is 54.9 Å². The SMILES string of the molecule is Oc1c(-c2n[nH]c(C(O)c3ccccc3)n2)ncc2cccnc12. The third-order valence-corrected chi connectivity index (χ3v) is 3.71. The zero-order valence-corrected chi connectivity index (χ0v) is 12.5. The van der Waals surface area contributed by atoms with Gasteiger partial charge in [0.2, 0.25) is 5.82 Å². The highest BCUT2D eigenvalue weighted by molar-refractivity contribution is 5.88. The van der Waals surface area contributed by atoms with Crippen LogP contribution in [0.1, 0.15) is 17.5 Å². The summed E-state index contributed by atoms with van der Waals surface area (Å²) in [6, 6.07) is 12.7. The van der Waals surface area contributed by atoms with Gasteiger partial charge in [-0.05, 0) is 17.7 Å². The number of pyridine rings is 2. The lowest BCUT2D eigenvalue weighted by molar-refractivity contribution is 0.210. The molecule has 0 saturated carbocycles. The van der Waals surface area contributed by atoms with Gasteiger partial charge < -0.3 is 10.2 Å². The maximum absolute atomic E-state index is 10.4. The standard InChI is InChI=1S/C17H13N5O2/c23-14(10-5-2-1-3-6-10)17-20-16(21-22-17)13-15(24)12-11(9-19-13)7-4-8-18-12/h1-9,14,23-24H,(H,20,21,22). The number of aromatic hydroxyl groups is 1. The van der Waals surface area contributed by atoms with Crippen LogP contribution in [0.5, 0.6) is 5.75 Å². The van der Waals surface area contributed by atoms with Crippen LogP contribution < -0.4 is 0 Å². The molecule has 1 aromatic carbocycles. The third-order valence-electron chi connectivity index (χ3n) is 3.71. The summed E-state index contributed by atoms with van der Waals surface area (Å²) in [7, 11) is 0. The summed E-state index contributed by atoms with van der Waals surface area (Å²) in [6.07, 6.45) is 2.25. The van der Waals surface area contributed by atoms with Gasteiger partial charge in [0, 0.05) is 17.8 Å². The first-order valence-electron chi connectivity index (χ1n) is 7.32. The Morgan fingerprint density at radius 2 is 1.83 bits per heavy atom. The molecule has 0 aliphatic rings. The number of nitrogens with zero attached hydrogens (tertiary/aromatic N) is 4. The summed E-state index contributed by atoms with van der Waals surface area (Å²) in [6.45, 7) is 0. The van der Waals surface area contributed by atoms with Crippen LogP contribution in [0.4, 0.5) is 0 Å².